The molecule has 9 rings (SSSR count). The minimum atomic E-state index is 0.710. The quantitative estimate of drug-likeness (QED) is 0.200. The third-order valence-corrected chi connectivity index (χ3v) is 8.71. The van der Waals surface area contributed by atoms with E-state index < -0.39 is 0 Å². The molecule has 6 aromatic carbocycles. The van der Waals surface area contributed by atoms with E-state index in [1.165, 1.54) is 27.3 Å². The Morgan fingerprint density at radius 1 is 0.348 bits per heavy atom. The number of benzene rings is 6. The van der Waals surface area contributed by atoms with E-state index in [1.54, 1.807) is 0 Å². The van der Waals surface area contributed by atoms with Crippen molar-refractivity contribution in [3.05, 3.63) is 170 Å². The smallest absolute Gasteiger partial charge is 0.160 e. The zero-order chi connectivity index (χ0) is 30.5. The number of fused-ring (bicyclic) bond motifs is 5. The Labute approximate surface area is 266 Å². The Morgan fingerprint density at radius 2 is 0.804 bits per heavy atom. The van der Waals surface area contributed by atoms with Gasteiger partial charge < -0.3 is 9.13 Å². The highest BCUT2D eigenvalue weighted by atomic mass is 15.1. The fraction of sp³-hybridized carbons (Fsp3) is 0. The van der Waals surface area contributed by atoms with E-state index >= 15 is 0 Å². The Hall–Kier alpha value is -6.26. The van der Waals surface area contributed by atoms with Crippen molar-refractivity contribution in [2.75, 3.05) is 0 Å². The second-order valence-electron chi connectivity index (χ2n) is 11.5. The van der Waals surface area contributed by atoms with E-state index in [0.29, 0.717) is 5.82 Å². The lowest BCUT2D eigenvalue weighted by Gasteiger charge is -2.12. The highest BCUT2D eigenvalue weighted by Gasteiger charge is 2.22. The van der Waals surface area contributed by atoms with Crippen molar-refractivity contribution in [3.63, 3.8) is 0 Å². The zero-order valence-corrected chi connectivity index (χ0v) is 25.0. The number of nitrogens with zero attached hydrogens (tertiary/aromatic N) is 4. The molecule has 0 aliphatic rings. The summed E-state index contributed by atoms with van der Waals surface area (Å²) in [5.41, 5.74) is 11.8. The summed E-state index contributed by atoms with van der Waals surface area (Å²) < 4.78 is 4.81. The highest BCUT2D eigenvalue weighted by Crippen LogP contribution is 2.41. The van der Waals surface area contributed by atoms with Crippen LogP contribution in [0.25, 0.3) is 78.1 Å². The lowest BCUT2D eigenvalue weighted by Crippen LogP contribution is -1.97. The molecule has 9 aromatic rings. The van der Waals surface area contributed by atoms with Gasteiger partial charge in [0.1, 0.15) is 0 Å². The van der Waals surface area contributed by atoms with Crippen LogP contribution in [0.1, 0.15) is 0 Å². The summed E-state index contributed by atoms with van der Waals surface area (Å²) in [7, 11) is 0. The first kappa shape index (κ1) is 26.2. The lowest BCUT2D eigenvalue weighted by molar-refractivity contribution is 1.16. The number of aromatic nitrogens is 4. The molecule has 46 heavy (non-hydrogen) atoms. The average molecular weight is 589 g/mol. The molecule has 0 aliphatic carbocycles. The highest BCUT2D eigenvalue weighted by molar-refractivity contribution is 6.19. The molecule has 0 spiro atoms. The minimum absolute atomic E-state index is 0.710. The largest absolute Gasteiger partial charge is 0.307 e. The summed E-state index contributed by atoms with van der Waals surface area (Å²) in [5, 5.41) is 2.42. The van der Waals surface area contributed by atoms with E-state index in [9.17, 15) is 0 Å². The molecule has 4 heteroatoms. The third kappa shape index (κ3) is 4.23. The van der Waals surface area contributed by atoms with Crippen LogP contribution in [0.2, 0.25) is 0 Å². The maximum absolute atomic E-state index is 5.12. The van der Waals surface area contributed by atoms with Crippen LogP contribution in [0.15, 0.2) is 170 Å². The Bertz CT molecular complexity index is 2450. The first-order valence-corrected chi connectivity index (χ1v) is 15.5. The fourth-order valence-electron chi connectivity index (χ4n) is 6.67. The van der Waals surface area contributed by atoms with Crippen LogP contribution in [-0.4, -0.2) is 19.1 Å². The molecule has 0 bridgehead atoms. The van der Waals surface area contributed by atoms with Gasteiger partial charge in [0, 0.05) is 38.8 Å². The van der Waals surface area contributed by atoms with Crippen molar-refractivity contribution >= 4 is 32.8 Å². The molecule has 216 valence electrons. The molecule has 0 radical (unpaired) electrons. The summed E-state index contributed by atoms with van der Waals surface area (Å²) in [6.07, 6.45) is 0. The van der Waals surface area contributed by atoms with Crippen molar-refractivity contribution in [2.45, 2.75) is 0 Å². The second-order valence-corrected chi connectivity index (χ2v) is 11.5. The normalized spacial score (nSPS) is 11.5. The van der Waals surface area contributed by atoms with Crippen LogP contribution in [0.3, 0.4) is 0 Å². The molecular formula is C42H28N4. The van der Waals surface area contributed by atoms with Gasteiger partial charge in [-0.2, -0.15) is 0 Å². The number of rotatable bonds is 5. The molecular weight excluding hydrogens is 560 g/mol. The van der Waals surface area contributed by atoms with Gasteiger partial charge in [-0.3, -0.25) is 0 Å². The van der Waals surface area contributed by atoms with E-state index in [2.05, 4.69) is 143 Å². The van der Waals surface area contributed by atoms with Crippen LogP contribution in [0.5, 0.6) is 0 Å². The average Bonchev–Trinajstić information content (AvgIpc) is 3.65. The van der Waals surface area contributed by atoms with Gasteiger partial charge in [-0.25, -0.2) is 9.97 Å². The van der Waals surface area contributed by atoms with Crippen LogP contribution in [-0.2, 0) is 0 Å². The molecule has 0 saturated carbocycles. The van der Waals surface area contributed by atoms with Crippen LogP contribution in [0.4, 0.5) is 0 Å². The SMILES string of the molecule is c1ccc(-c2cc(-c3cccc(-n4c5ccccc5c5c4c4ccccc4n5-c4ccccc4)c3)nc(-c3ccccc3)n2)cc1. The first-order valence-electron chi connectivity index (χ1n) is 15.5. The van der Waals surface area contributed by atoms with E-state index in [1.807, 2.05) is 36.4 Å². The van der Waals surface area contributed by atoms with Crippen LogP contribution < -0.4 is 0 Å². The van der Waals surface area contributed by atoms with Gasteiger partial charge in [-0.1, -0.05) is 127 Å². The maximum Gasteiger partial charge on any atom is 0.160 e. The summed E-state index contributed by atoms with van der Waals surface area (Å²) in [5.74, 6) is 0.710. The van der Waals surface area contributed by atoms with Crippen LogP contribution in [0, 0.1) is 0 Å². The summed E-state index contributed by atoms with van der Waals surface area (Å²) in [4.78, 5) is 10.1. The van der Waals surface area contributed by atoms with E-state index in [0.717, 1.165) is 45.0 Å². The van der Waals surface area contributed by atoms with Crippen molar-refractivity contribution in [1.82, 2.24) is 19.1 Å². The van der Waals surface area contributed by atoms with Crippen molar-refractivity contribution < 1.29 is 0 Å². The Morgan fingerprint density at radius 3 is 1.43 bits per heavy atom. The van der Waals surface area contributed by atoms with Gasteiger partial charge in [0.05, 0.1) is 33.5 Å². The third-order valence-electron chi connectivity index (χ3n) is 8.71. The molecule has 0 saturated heterocycles. The second kappa shape index (κ2) is 10.7. The number of para-hydroxylation sites is 3. The predicted octanol–water partition coefficient (Wildman–Crippen LogP) is 10.5. The molecule has 0 atom stereocenters. The molecule has 0 amide bonds. The van der Waals surface area contributed by atoms with Crippen molar-refractivity contribution in [2.24, 2.45) is 0 Å². The standard InChI is InChI=1S/C42H28N4/c1-4-15-29(16-5-1)36-28-37(44-42(43-36)30-17-6-2-7-18-30)31-19-14-22-33(27-31)46-39-26-13-11-24-35(39)40-41(46)34-23-10-12-25-38(34)45(40)32-20-8-3-9-21-32/h1-28H. The van der Waals surface area contributed by atoms with E-state index in [-0.39, 0.29) is 0 Å². The lowest BCUT2D eigenvalue weighted by atomic mass is 10.1. The molecule has 3 aromatic heterocycles. The maximum atomic E-state index is 5.12. The fourth-order valence-corrected chi connectivity index (χ4v) is 6.67. The monoisotopic (exact) mass is 588 g/mol. The molecule has 0 fully saturated rings. The van der Waals surface area contributed by atoms with E-state index in [4.69, 9.17) is 9.97 Å². The van der Waals surface area contributed by atoms with Gasteiger partial charge >= 0.3 is 0 Å². The topological polar surface area (TPSA) is 35.6 Å². The molecule has 3 heterocycles. The molecule has 0 N–H and O–H groups in total. The van der Waals surface area contributed by atoms with Gasteiger partial charge in [-0.05, 0) is 42.5 Å². The molecule has 0 aliphatic heterocycles. The van der Waals surface area contributed by atoms with Crippen LogP contribution >= 0.6 is 0 Å². The number of hydrogen-bond donors (Lipinski definition) is 0. The predicted molar refractivity (Wildman–Crippen MR) is 190 cm³/mol. The zero-order valence-electron chi connectivity index (χ0n) is 25.0. The molecule has 4 nitrogen and oxygen atoms in total. The Balaban J connectivity index is 1.30. The van der Waals surface area contributed by atoms with Gasteiger partial charge in [0.15, 0.2) is 5.82 Å². The van der Waals surface area contributed by atoms with Gasteiger partial charge in [0.2, 0.25) is 0 Å². The van der Waals surface area contributed by atoms with Gasteiger partial charge in [-0.15, -0.1) is 0 Å². The molecule has 0 unspecified atom stereocenters. The van der Waals surface area contributed by atoms with Crippen molar-refractivity contribution in [1.29, 1.82) is 0 Å². The first-order chi connectivity index (χ1) is 22.8. The number of hydrogen-bond acceptors (Lipinski definition) is 2. The Kier molecular flexibility index (Phi) is 6.10. The summed E-state index contributed by atoms with van der Waals surface area (Å²) >= 11 is 0. The summed E-state index contributed by atoms with van der Waals surface area (Å²) in [6, 6.07) is 59.4. The summed E-state index contributed by atoms with van der Waals surface area (Å²) in [6.45, 7) is 0. The van der Waals surface area contributed by atoms with Crippen molar-refractivity contribution in [3.8, 4) is 45.3 Å². The minimum Gasteiger partial charge on any atom is -0.307 e. The van der Waals surface area contributed by atoms with Gasteiger partial charge in [0.25, 0.3) is 0 Å².